The second-order valence-corrected chi connectivity index (χ2v) is 5.16. The van der Waals surface area contributed by atoms with Crippen molar-refractivity contribution in [3.63, 3.8) is 0 Å². The molecule has 0 aliphatic rings. The first-order chi connectivity index (χ1) is 10.9. The van der Waals surface area contributed by atoms with Gasteiger partial charge in [0.2, 0.25) is 5.91 Å². The van der Waals surface area contributed by atoms with Crippen molar-refractivity contribution >= 4 is 23.6 Å². The Hall–Kier alpha value is -2.57. The zero-order chi connectivity index (χ0) is 17.4. The maximum Gasteiger partial charge on any atom is 0.338 e. The number of rotatable bonds is 7. The highest BCUT2D eigenvalue weighted by molar-refractivity contribution is 5.97. The fraction of sp³-hybridized carbons (Fsp3) is 0.438. The van der Waals surface area contributed by atoms with Gasteiger partial charge < -0.3 is 21.1 Å². The van der Waals surface area contributed by atoms with Crippen molar-refractivity contribution in [2.45, 2.75) is 33.2 Å². The molecular weight excluding hydrogens is 298 g/mol. The van der Waals surface area contributed by atoms with Crippen molar-refractivity contribution in [2.75, 3.05) is 11.9 Å². The highest BCUT2D eigenvalue weighted by atomic mass is 16.5. The minimum atomic E-state index is -0.747. The van der Waals surface area contributed by atoms with E-state index >= 15 is 0 Å². The Kier molecular flexibility index (Phi) is 7.05. The molecule has 0 unspecified atom stereocenters. The number of nitrogens with one attached hydrogen (secondary N) is 2. The molecule has 0 saturated heterocycles. The normalized spacial score (nSPS) is 12.8. The van der Waals surface area contributed by atoms with Crippen molar-refractivity contribution in [3.8, 4) is 0 Å². The number of urea groups is 1. The summed E-state index contributed by atoms with van der Waals surface area (Å²) in [4.78, 5) is 34.9. The van der Waals surface area contributed by atoms with E-state index < -0.39 is 18.0 Å². The molecule has 1 rings (SSSR count). The Morgan fingerprint density at radius 2 is 1.78 bits per heavy atom. The summed E-state index contributed by atoms with van der Waals surface area (Å²) in [6, 6.07) is 4.86. The van der Waals surface area contributed by atoms with Crippen LogP contribution in [0.1, 0.15) is 37.6 Å². The zero-order valence-electron chi connectivity index (χ0n) is 13.6. The first-order valence-electron chi connectivity index (χ1n) is 7.53. The quantitative estimate of drug-likeness (QED) is 0.666. The van der Waals surface area contributed by atoms with Crippen molar-refractivity contribution in [3.05, 3.63) is 29.8 Å². The van der Waals surface area contributed by atoms with Crippen LogP contribution in [0.5, 0.6) is 0 Å². The number of hydrogen-bond acceptors (Lipinski definition) is 4. The molecule has 1 aromatic rings. The van der Waals surface area contributed by atoms with Gasteiger partial charge in [-0.25, -0.2) is 9.59 Å². The average molecular weight is 321 g/mol. The number of anilines is 1. The van der Waals surface area contributed by atoms with E-state index in [0.717, 1.165) is 0 Å². The third-order valence-corrected chi connectivity index (χ3v) is 3.46. The molecule has 7 nitrogen and oxygen atoms in total. The number of hydrogen-bond donors (Lipinski definition) is 3. The predicted molar refractivity (Wildman–Crippen MR) is 87.0 cm³/mol. The summed E-state index contributed by atoms with van der Waals surface area (Å²) in [6.07, 6.45) is 0.708. The number of ether oxygens (including phenoxy) is 1. The molecule has 23 heavy (non-hydrogen) atoms. The van der Waals surface area contributed by atoms with E-state index in [4.69, 9.17) is 10.5 Å². The summed E-state index contributed by atoms with van der Waals surface area (Å²) < 4.78 is 4.89. The van der Waals surface area contributed by atoms with Crippen molar-refractivity contribution in [1.82, 2.24) is 5.32 Å². The van der Waals surface area contributed by atoms with Crippen LogP contribution in [-0.2, 0) is 9.53 Å². The summed E-state index contributed by atoms with van der Waals surface area (Å²) in [5.41, 5.74) is 6.04. The van der Waals surface area contributed by atoms with Crippen LogP contribution in [0.25, 0.3) is 0 Å². The molecule has 4 N–H and O–H groups in total. The molecule has 126 valence electrons. The molecular formula is C16H23N3O4. The molecule has 0 spiro atoms. The molecule has 7 heteroatoms. The lowest BCUT2D eigenvalue weighted by atomic mass is 9.98. The van der Waals surface area contributed by atoms with Gasteiger partial charge in [0, 0.05) is 5.69 Å². The zero-order valence-corrected chi connectivity index (χ0v) is 13.6. The highest BCUT2D eigenvalue weighted by Gasteiger charge is 2.25. The van der Waals surface area contributed by atoms with Crippen molar-refractivity contribution in [2.24, 2.45) is 11.7 Å². The van der Waals surface area contributed by atoms with Crippen LogP contribution in [0, 0.1) is 5.92 Å². The molecule has 0 heterocycles. The van der Waals surface area contributed by atoms with Gasteiger partial charge in [0.1, 0.15) is 6.04 Å². The molecule has 0 bridgehead atoms. The van der Waals surface area contributed by atoms with E-state index in [1.54, 1.807) is 31.2 Å². The summed E-state index contributed by atoms with van der Waals surface area (Å²) in [6.45, 7) is 5.80. The molecule has 0 aliphatic heterocycles. The standard InChI is InChI=1S/C16H23N3O4/c1-4-10(3)13(19-16(17)22)14(20)18-12-8-6-11(7-9-12)15(21)23-5-2/h6-10,13H,4-5H2,1-3H3,(H,18,20)(H3,17,19,22)/t10-,13-/m0/s1. The van der Waals surface area contributed by atoms with Crippen LogP contribution in [0.2, 0.25) is 0 Å². The van der Waals surface area contributed by atoms with Gasteiger partial charge in [-0.2, -0.15) is 0 Å². The van der Waals surface area contributed by atoms with Crippen LogP contribution in [-0.4, -0.2) is 30.6 Å². The first-order valence-corrected chi connectivity index (χ1v) is 7.53. The number of esters is 1. The number of benzene rings is 1. The van der Waals surface area contributed by atoms with Gasteiger partial charge in [-0.05, 0) is 37.1 Å². The molecule has 1 aromatic carbocycles. The summed E-state index contributed by atoms with van der Waals surface area (Å²) in [5, 5.41) is 5.15. The lowest BCUT2D eigenvalue weighted by Crippen LogP contribution is -2.49. The van der Waals surface area contributed by atoms with Gasteiger partial charge in [0.15, 0.2) is 0 Å². The summed E-state index contributed by atoms with van der Waals surface area (Å²) in [5.74, 6) is -0.846. The second kappa shape index (κ2) is 8.77. The Morgan fingerprint density at radius 3 is 2.26 bits per heavy atom. The molecule has 0 fully saturated rings. The number of carbonyl (C=O) groups excluding carboxylic acids is 3. The molecule has 0 saturated carbocycles. The van der Waals surface area contributed by atoms with Crippen LogP contribution in [0.15, 0.2) is 24.3 Å². The molecule has 3 amide bonds. The third kappa shape index (κ3) is 5.61. The third-order valence-electron chi connectivity index (χ3n) is 3.46. The first kappa shape index (κ1) is 18.5. The largest absolute Gasteiger partial charge is 0.462 e. The lowest BCUT2D eigenvalue weighted by Gasteiger charge is -2.22. The van der Waals surface area contributed by atoms with Crippen LogP contribution < -0.4 is 16.4 Å². The van der Waals surface area contributed by atoms with Gasteiger partial charge in [-0.15, -0.1) is 0 Å². The van der Waals surface area contributed by atoms with Gasteiger partial charge in [0.05, 0.1) is 12.2 Å². The Labute approximate surface area is 135 Å². The molecule has 2 atom stereocenters. The van der Waals surface area contributed by atoms with E-state index in [-0.39, 0.29) is 11.8 Å². The highest BCUT2D eigenvalue weighted by Crippen LogP contribution is 2.14. The van der Waals surface area contributed by atoms with Crippen molar-refractivity contribution < 1.29 is 19.1 Å². The van der Waals surface area contributed by atoms with Gasteiger partial charge in [0.25, 0.3) is 0 Å². The van der Waals surface area contributed by atoms with E-state index in [2.05, 4.69) is 10.6 Å². The second-order valence-electron chi connectivity index (χ2n) is 5.16. The van der Waals surface area contributed by atoms with E-state index in [1.807, 2.05) is 13.8 Å². The van der Waals surface area contributed by atoms with Crippen molar-refractivity contribution in [1.29, 1.82) is 0 Å². The number of primary amides is 1. The molecule has 0 aromatic heterocycles. The van der Waals surface area contributed by atoms with Crippen LogP contribution >= 0.6 is 0 Å². The van der Waals surface area contributed by atoms with Gasteiger partial charge in [-0.1, -0.05) is 20.3 Å². The SMILES string of the molecule is CCOC(=O)c1ccc(NC(=O)[C@@H](NC(N)=O)[C@@H](C)CC)cc1. The van der Waals surface area contributed by atoms with Crippen LogP contribution in [0.3, 0.4) is 0 Å². The fourth-order valence-electron chi connectivity index (χ4n) is 1.98. The number of carbonyl (C=O) groups is 3. The summed E-state index contributed by atoms with van der Waals surface area (Å²) >= 11 is 0. The lowest BCUT2D eigenvalue weighted by molar-refractivity contribution is -0.119. The number of amides is 3. The van der Waals surface area contributed by atoms with E-state index in [0.29, 0.717) is 24.3 Å². The maximum absolute atomic E-state index is 12.3. The van der Waals surface area contributed by atoms with Crippen LogP contribution in [0.4, 0.5) is 10.5 Å². The fourth-order valence-corrected chi connectivity index (χ4v) is 1.98. The number of nitrogens with two attached hydrogens (primary N) is 1. The summed E-state index contributed by atoms with van der Waals surface area (Å²) in [7, 11) is 0. The smallest absolute Gasteiger partial charge is 0.338 e. The van der Waals surface area contributed by atoms with Gasteiger partial charge in [-0.3, -0.25) is 4.79 Å². The minimum absolute atomic E-state index is 0.0682. The van der Waals surface area contributed by atoms with Gasteiger partial charge >= 0.3 is 12.0 Å². The Morgan fingerprint density at radius 1 is 1.17 bits per heavy atom. The monoisotopic (exact) mass is 321 g/mol. The molecule has 0 aliphatic carbocycles. The topological polar surface area (TPSA) is 111 Å². The molecule has 0 radical (unpaired) electrons. The maximum atomic E-state index is 12.3. The minimum Gasteiger partial charge on any atom is -0.462 e. The predicted octanol–water partition coefficient (Wildman–Crippen LogP) is 1.88. The Balaban J connectivity index is 2.78. The Bertz CT molecular complexity index is 557. The van der Waals surface area contributed by atoms with E-state index in [9.17, 15) is 14.4 Å². The van der Waals surface area contributed by atoms with E-state index in [1.165, 1.54) is 0 Å². The average Bonchev–Trinajstić information content (AvgIpc) is 2.52.